The molecule has 1 atom stereocenters. The molecule has 10 nitrogen and oxygen atoms in total. The summed E-state index contributed by atoms with van der Waals surface area (Å²) in [7, 11) is 0. The molecule has 2 amide bonds. The van der Waals surface area contributed by atoms with Gasteiger partial charge >= 0.3 is 12.1 Å². The molecule has 0 aliphatic heterocycles. The second kappa shape index (κ2) is 8.90. The van der Waals surface area contributed by atoms with Gasteiger partial charge in [-0.15, -0.1) is 0 Å². The minimum absolute atomic E-state index is 0.106. The van der Waals surface area contributed by atoms with Crippen LogP contribution in [0.5, 0.6) is 0 Å². The van der Waals surface area contributed by atoms with Gasteiger partial charge in [0.1, 0.15) is 6.61 Å². The highest BCUT2D eigenvalue weighted by atomic mass is 16.6. The van der Waals surface area contributed by atoms with Crippen LogP contribution < -0.4 is 10.6 Å². The Labute approximate surface area is 181 Å². The van der Waals surface area contributed by atoms with E-state index in [0.717, 1.165) is 28.3 Å². The largest absolute Gasteiger partial charge is 0.479 e. The number of anilines is 1. The number of aliphatic carboxylic acids is 1. The fourth-order valence-electron chi connectivity index (χ4n) is 3.54. The molecule has 3 aromatic rings. The number of carboxylic acid groups (broad SMARTS) is 1. The maximum Gasteiger partial charge on any atom is 0.414 e. The maximum absolute atomic E-state index is 12.2. The molecule has 2 aromatic carbocycles. The molecule has 0 spiro atoms. The van der Waals surface area contributed by atoms with E-state index in [-0.39, 0.29) is 24.1 Å². The van der Waals surface area contributed by atoms with Crippen LogP contribution in [0.4, 0.5) is 10.7 Å². The van der Waals surface area contributed by atoms with E-state index in [9.17, 15) is 19.5 Å². The summed E-state index contributed by atoms with van der Waals surface area (Å²) < 4.78 is 10.3. The van der Waals surface area contributed by atoms with Gasteiger partial charge in [0.2, 0.25) is 5.88 Å². The van der Waals surface area contributed by atoms with Crippen molar-refractivity contribution >= 4 is 23.9 Å². The van der Waals surface area contributed by atoms with Crippen LogP contribution in [-0.4, -0.2) is 52.6 Å². The number of amides is 2. The summed E-state index contributed by atoms with van der Waals surface area (Å²) in [6.45, 7) is -0.398. The Kier molecular flexibility index (Phi) is 5.86. The summed E-state index contributed by atoms with van der Waals surface area (Å²) in [6, 6.07) is 17.0. The van der Waals surface area contributed by atoms with Gasteiger partial charge in [-0.1, -0.05) is 53.7 Å². The molecular formula is C22H19N3O7. The Morgan fingerprint density at radius 2 is 1.69 bits per heavy atom. The van der Waals surface area contributed by atoms with Crippen molar-refractivity contribution < 1.29 is 33.9 Å². The summed E-state index contributed by atoms with van der Waals surface area (Å²) in [4.78, 5) is 34.7. The summed E-state index contributed by atoms with van der Waals surface area (Å²) in [5, 5.41) is 25.8. The van der Waals surface area contributed by atoms with Gasteiger partial charge in [-0.25, -0.2) is 9.59 Å². The van der Waals surface area contributed by atoms with E-state index in [1.54, 1.807) is 0 Å². The predicted octanol–water partition coefficient (Wildman–Crippen LogP) is 2.21. The van der Waals surface area contributed by atoms with E-state index >= 15 is 0 Å². The average molecular weight is 437 g/mol. The van der Waals surface area contributed by atoms with Crippen molar-refractivity contribution in [3.63, 3.8) is 0 Å². The smallest absolute Gasteiger partial charge is 0.414 e. The molecule has 1 aliphatic carbocycles. The molecule has 10 heteroatoms. The van der Waals surface area contributed by atoms with Crippen LogP contribution >= 0.6 is 0 Å². The van der Waals surface area contributed by atoms with Crippen molar-refractivity contribution in [3.05, 3.63) is 71.4 Å². The Morgan fingerprint density at radius 3 is 2.31 bits per heavy atom. The van der Waals surface area contributed by atoms with Crippen molar-refractivity contribution in [1.82, 2.24) is 10.5 Å². The minimum Gasteiger partial charge on any atom is -0.479 e. The zero-order valence-corrected chi connectivity index (χ0v) is 16.6. The Hall–Kier alpha value is -4.18. The van der Waals surface area contributed by atoms with Gasteiger partial charge in [0, 0.05) is 12.0 Å². The van der Waals surface area contributed by atoms with Crippen LogP contribution in [0.15, 0.2) is 59.1 Å². The van der Waals surface area contributed by atoms with E-state index in [2.05, 4.69) is 15.8 Å². The van der Waals surface area contributed by atoms with Gasteiger partial charge in [0.05, 0.1) is 6.54 Å². The summed E-state index contributed by atoms with van der Waals surface area (Å²) in [5.74, 6) is -2.46. The van der Waals surface area contributed by atoms with Gasteiger partial charge < -0.3 is 24.8 Å². The highest BCUT2D eigenvalue weighted by Gasteiger charge is 2.29. The summed E-state index contributed by atoms with van der Waals surface area (Å²) in [6.07, 6.45) is -2.53. The number of carbonyl (C=O) groups is 3. The van der Waals surface area contributed by atoms with E-state index in [4.69, 9.17) is 14.4 Å². The quantitative estimate of drug-likeness (QED) is 0.439. The lowest BCUT2D eigenvalue weighted by Gasteiger charge is -2.13. The lowest BCUT2D eigenvalue weighted by molar-refractivity contribution is -0.146. The van der Waals surface area contributed by atoms with E-state index in [1.807, 2.05) is 48.5 Å². The van der Waals surface area contributed by atoms with Gasteiger partial charge in [0.25, 0.3) is 5.91 Å². The molecule has 4 rings (SSSR count). The Bertz CT molecular complexity index is 1130. The third-order valence-electron chi connectivity index (χ3n) is 5.05. The number of carbonyl (C=O) groups excluding carboxylic acids is 2. The van der Waals surface area contributed by atoms with Gasteiger partial charge in [0.15, 0.2) is 11.8 Å². The van der Waals surface area contributed by atoms with E-state index < -0.39 is 30.6 Å². The number of ether oxygens (including phenoxy) is 1. The molecule has 1 unspecified atom stereocenters. The molecule has 4 N–H and O–H groups in total. The third-order valence-corrected chi connectivity index (χ3v) is 5.05. The number of aliphatic hydroxyl groups excluding tert-OH is 1. The molecule has 32 heavy (non-hydrogen) atoms. The van der Waals surface area contributed by atoms with Crippen LogP contribution in [0, 0.1) is 0 Å². The zero-order valence-electron chi connectivity index (χ0n) is 16.6. The van der Waals surface area contributed by atoms with Crippen LogP contribution in [0.3, 0.4) is 0 Å². The molecular weight excluding hydrogens is 418 g/mol. The normalized spacial score (nSPS) is 13.0. The molecule has 164 valence electrons. The van der Waals surface area contributed by atoms with Crippen LogP contribution in [0.1, 0.15) is 27.5 Å². The first-order valence-electron chi connectivity index (χ1n) is 9.72. The molecule has 1 aromatic heterocycles. The van der Waals surface area contributed by atoms with Gasteiger partial charge in [-0.2, -0.15) is 0 Å². The summed E-state index contributed by atoms with van der Waals surface area (Å²) >= 11 is 0. The Balaban J connectivity index is 1.34. The number of hydrogen-bond donors (Lipinski definition) is 4. The van der Waals surface area contributed by atoms with Gasteiger partial charge in [-0.3, -0.25) is 10.1 Å². The van der Waals surface area contributed by atoms with Crippen molar-refractivity contribution in [2.24, 2.45) is 0 Å². The summed E-state index contributed by atoms with van der Waals surface area (Å²) in [5.41, 5.74) is 4.16. The Morgan fingerprint density at radius 1 is 1.06 bits per heavy atom. The lowest BCUT2D eigenvalue weighted by atomic mass is 9.98. The van der Waals surface area contributed by atoms with E-state index in [0.29, 0.717) is 0 Å². The van der Waals surface area contributed by atoms with Crippen LogP contribution in [0.25, 0.3) is 11.1 Å². The highest BCUT2D eigenvalue weighted by molar-refractivity contribution is 5.94. The number of aliphatic hydroxyl groups is 1. The molecule has 1 heterocycles. The van der Waals surface area contributed by atoms with Crippen molar-refractivity contribution in [3.8, 4) is 11.1 Å². The van der Waals surface area contributed by atoms with Gasteiger partial charge in [-0.05, 0) is 22.3 Å². The second-order valence-corrected chi connectivity index (χ2v) is 7.09. The number of benzene rings is 2. The van der Waals surface area contributed by atoms with Crippen molar-refractivity contribution in [1.29, 1.82) is 0 Å². The second-order valence-electron chi connectivity index (χ2n) is 7.09. The third kappa shape index (κ3) is 4.30. The van der Waals surface area contributed by atoms with Crippen LogP contribution in [-0.2, 0) is 9.53 Å². The maximum atomic E-state index is 12.2. The lowest BCUT2D eigenvalue weighted by Crippen LogP contribution is -2.36. The number of rotatable bonds is 7. The predicted molar refractivity (Wildman–Crippen MR) is 111 cm³/mol. The fourth-order valence-corrected chi connectivity index (χ4v) is 3.54. The first kappa shape index (κ1) is 21.1. The molecule has 0 saturated heterocycles. The molecule has 0 fully saturated rings. The first-order valence-corrected chi connectivity index (χ1v) is 9.72. The number of hydrogen-bond acceptors (Lipinski definition) is 7. The van der Waals surface area contributed by atoms with Crippen molar-refractivity contribution in [2.45, 2.75) is 12.0 Å². The number of fused-ring (bicyclic) bond motifs is 3. The number of aromatic nitrogens is 1. The zero-order chi connectivity index (χ0) is 22.7. The van der Waals surface area contributed by atoms with E-state index in [1.165, 1.54) is 0 Å². The standard InChI is InChI=1S/C22H19N3O7/c26-18(21(28)29)10-23-20(27)17-9-19(32-25-17)24-22(30)31-11-16-14-7-3-1-5-12(14)13-6-2-4-8-15(13)16/h1-9,16,18,26H,10-11H2,(H,23,27)(H,24,30)(H,28,29). The van der Waals surface area contributed by atoms with Crippen molar-refractivity contribution in [2.75, 3.05) is 18.5 Å². The molecule has 0 saturated carbocycles. The topological polar surface area (TPSA) is 151 Å². The molecule has 1 aliphatic rings. The molecule has 0 radical (unpaired) electrons. The number of nitrogens with one attached hydrogen (secondary N) is 2. The highest BCUT2D eigenvalue weighted by Crippen LogP contribution is 2.44. The monoisotopic (exact) mass is 437 g/mol. The number of nitrogens with zero attached hydrogens (tertiary/aromatic N) is 1. The number of carboxylic acids is 1. The molecule has 0 bridgehead atoms. The first-order chi connectivity index (χ1) is 15.4. The van der Waals surface area contributed by atoms with Crippen LogP contribution in [0.2, 0.25) is 0 Å². The minimum atomic E-state index is -1.75. The SMILES string of the molecule is O=C(Nc1cc(C(=O)NCC(O)C(=O)O)no1)OCC1c2ccccc2-c2ccccc21. The fraction of sp³-hybridized carbons (Fsp3) is 0.182. The average Bonchev–Trinajstić information content (AvgIpc) is 3.38.